The summed E-state index contributed by atoms with van der Waals surface area (Å²) in [6.45, 7) is 9.29. The van der Waals surface area contributed by atoms with Crippen LogP contribution in [0.4, 0.5) is 0 Å². The van der Waals surface area contributed by atoms with Crippen LogP contribution in [0.3, 0.4) is 0 Å². The first kappa shape index (κ1) is 16.0. The summed E-state index contributed by atoms with van der Waals surface area (Å²) in [5.41, 5.74) is 1.97. The van der Waals surface area contributed by atoms with Crippen molar-refractivity contribution < 1.29 is 0 Å². The molecule has 0 saturated heterocycles. The molecule has 3 heteroatoms. The van der Waals surface area contributed by atoms with Gasteiger partial charge in [-0.1, -0.05) is 33.6 Å². The second-order valence-corrected chi connectivity index (χ2v) is 7.80. The van der Waals surface area contributed by atoms with E-state index in [1.165, 1.54) is 43.5 Å². The van der Waals surface area contributed by atoms with Gasteiger partial charge in [0.15, 0.2) is 0 Å². The Kier molecular flexibility index (Phi) is 6.50. The average molecular weight is 295 g/mol. The van der Waals surface area contributed by atoms with Gasteiger partial charge in [-0.3, -0.25) is 4.98 Å². The van der Waals surface area contributed by atoms with Gasteiger partial charge in [-0.15, -0.1) is 11.3 Å². The van der Waals surface area contributed by atoms with Gasteiger partial charge in [-0.05, 0) is 56.0 Å². The topological polar surface area (TPSA) is 24.9 Å². The van der Waals surface area contributed by atoms with Gasteiger partial charge in [0.2, 0.25) is 0 Å². The summed E-state index contributed by atoms with van der Waals surface area (Å²) in [5.74, 6) is 3.42. The SMILES string of the molecule is CCC1CCC(CNCC(C)C)C(Cc2cncs2)C1. The third-order valence-corrected chi connectivity index (χ3v) is 5.53. The van der Waals surface area contributed by atoms with E-state index in [-0.39, 0.29) is 0 Å². The van der Waals surface area contributed by atoms with Crippen molar-refractivity contribution in [1.29, 1.82) is 0 Å². The Hall–Kier alpha value is -0.410. The standard InChI is InChI=1S/C17H30N2S/c1-4-14-5-6-15(10-18-9-13(2)3)16(7-14)8-17-11-19-12-20-17/h11-16,18H,4-10H2,1-3H3. The number of hydrogen-bond donors (Lipinski definition) is 1. The first-order valence-corrected chi connectivity index (χ1v) is 9.15. The second-order valence-electron chi connectivity index (χ2n) is 6.83. The van der Waals surface area contributed by atoms with Crippen molar-refractivity contribution in [3.63, 3.8) is 0 Å². The molecule has 0 spiro atoms. The molecule has 3 atom stereocenters. The molecule has 114 valence electrons. The molecule has 0 bridgehead atoms. The number of rotatable bonds is 7. The van der Waals surface area contributed by atoms with Crippen molar-refractivity contribution in [1.82, 2.24) is 10.3 Å². The molecule has 20 heavy (non-hydrogen) atoms. The third kappa shape index (κ3) is 4.85. The summed E-state index contributed by atoms with van der Waals surface area (Å²) < 4.78 is 0. The summed E-state index contributed by atoms with van der Waals surface area (Å²) in [6, 6.07) is 0. The Balaban J connectivity index is 1.89. The van der Waals surface area contributed by atoms with Gasteiger partial charge in [0.1, 0.15) is 0 Å². The summed E-state index contributed by atoms with van der Waals surface area (Å²) >= 11 is 1.82. The Morgan fingerprint density at radius 1 is 1.35 bits per heavy atom. The number of thiazole rings is 1. The molecule has 2 rings (SSSR count). The molecule has 1 aliphatic carbocycles. The fourth-order valence-corrected chi connectivity index (χ4v) is 4.16. The highest BCUT2D eigenvalue weighted by Gasteiger charge is 2.29. The van der Waals surface area contributed by atoms with E-state index in [1.54, 1.807) is 0 Å². The van der Waals surface area contributed by atoms with E-state index in [9.17, 15) is 0 Å². The van der Waals surface area contributed by atoms with Crippen LogP contribution in [-0.4, -0.2) is 18.1 Å². The van der Waals surface area contributed by atoms with Crippen LogP contribution in [0.15, 0.2) is 11.7 Å². The zero-order valence-corrected chi connectivity index (χ0v) is 14.1. The zero-order chi connectivity index (χ0) is 14.4. The van der Waals surface area contributed by atoms with Crippen LogP contribution < -0.4 is 5.32 Å². The molecule has 0 amide bonds. The molecule has 1 aliphatic rings. The van der Waals surface area contributed by atoms with Crippen molar-refractivity contribution in [2.45, 2.75) is 52.9 Å². The largest absolute Gasteiger partial charge is 0.316 e. The third-order valence-electron chi connectivity index (χ3n) is 4.73. The Morgan fingerprint density at radius 3 is 2.85 bits per heavy atom. The van der Waals surface area contributed by atoms with Crippen molar-refractivity contribution >= 4 is 11.3 Å². The Morgan fingerprint density at radius 2 is 2.20 bits per heavy atom. The molecule has 1 N–H and O–H groups in total. The number of nitrogens with zero attached hydrogens (tertiary/aromatic N) is 1. The first-order chi connectivity index (χ1) is 9.69. The maximum absolute atomic E-state index is 4.24. The van der Waals surface area contributed by atoms with Crippen LogP contribution in [0.5, 0.6) is 0 Å². The maximum atomic E-state index is 4.24. The lowest BCUT2D eigenvalue weighted by Gasteiger charge is -2.36. The lowest BCUT2D eigenvalue weighted by molar-refractivity contribution is 0.171. The molecule has 1 heterocycles. The molecular formula is C17H30N2S. The normalized spacial score (nSPS) is 27.1. The molecular weight excluding hydrogens is 264 g/mol. The highest BCUT2D eigenvalue weighted by molar-refractivity contribution is 7.09. The smallest absolute Gasteiger partial charge is 0.0794 e. The van der Waals surface area contributed by atoms with Crippen LogP contribution in [-0.2, 0) is 6.42 Å². The summed E-state index contributed by atoms with van der Waals surface area (Å²) in [7, 11) is 0. The fraction of sp³-hybridized carbons (Fsp3) is 0.824. The molecule has 1 saturated carbocycles. The maximum Gasteiger partial charge on any atom is 0.0794 e. The fourth-order valence-electron chi connectivity index (χ4n) is 3.47. The molecule has 0 aliphatic heterocycles. The van der Waals surface area contributed by atoms with Crippen molar-refractivity contribution in [2.24, 2.45) is 23.7 Å². The zero-order valence-electron chi connectivity index (χ0n) is 13.3. The van der Waals surface area contributed by atoms with E-state index in [0.29, 0.717) is 0 Å². The van der Waals surface area contributed by atoms with Gasteiger partial charge in [0.25, 0.3) is 0 Å². The van der Waals surface area contributed by atoms with Crippen LogP contribution in [0.1, 0.15) is 51.3 Å². The van der Waals surface area contributed by atoms with Gasteiger partial charge in [0, 0.05) is 11.1 Å². The van der Waals surface area contributed by atoms with E-state index in [1.807, 2.05) is 16.8 Å². The lowest BCUT2D eigenvalue weighted by atomic mass is 9.71. The van der Waals surface area contributed by atoms with Gasteiger partial charge in [0.05, 0.1) is 5.51 Å². The van der Waals surface area contributed by atoms with Gasteiger partial charge in [-0.2, -0.15) is 0 Å². The van der Waals surface area contributed by atoms with Crippen molar-refractivity contribution in [3.8, 4) is 0 Å². The minimum Gasteiger partial charge on any atom is -0.316 e. The Bertz CT molecular complexity index is 361. The molecule has 1 aromatic heterocycles. The molecule has 0 radical (unpaired) electrons. The number of hydrogen-bond acceptors (Lipinski definition) is 3. The molecule has 0 aromatic carbocycles. The summed E-state index contributed by atoms with van der Waals surface area (Å²) in [5, 5.41) is 3.68. The van der Waals surface area contributed by atoms with Crippen molar-refractivity contribution in [3.05, 3.63) is 16.6 Å². The van der Waals surface area contributed by atoms with E-state index >= 15 is 0 Å². The predicted octanol–water partition coefficient (Wildman–Crippen LogP) is 4.37. The highest BCUT2D eigenvalue weighted by atomic mass is 32.1. The number of nitrogens with one attached hydrogen (secondary N) is 1. The van der Waals surface area contributed by atoms with Crippen LogP contribution >= 0.6 is 11.3 Å². The quantitative estimate of drug-likeness (QED) is 0.807. The van der Waals surface area contributed by atoms with Crippen LogP contribution in [0, 0.1) is 23.7 Å². The summed E-state index contributed by atoms with van der Waals surface area (Å²) in [4.78, 5) is 5.71. The van der Waals surface area contributed by atoms with Crippen LogP contribution in [0.25, 0.3) is 0 Å². The van der Waals surface area contributed by atoms with E-state index in [0.717, 1.165) is 30.2 Å². The van der Waals surface area contributed by atoms with E-state index < -0.39 is 0 Å². The highest BCUT2D eigenvalue weighted by Crippen LogP contribution is 2.37. The van der Waals surface area contributed by atoms with Gasteiger partial charge >= 0.3 is 0 Å². The van der Waals surface area contributed by atoms with E-state index in [2.05, 4.69) is 37.3 Å². The summed E-state index contributed by atoms with van der Waals surface area (Å²) in [6.07, 6.45) is 8.93. The van der Waals surface area contributed by atoms with Crippen molar-refractivity contribution in [2.75, 3.05) is 13.1 Å². The Labute approximate surface area is 128 Å². The molecule has 1 aromatic rings. The molecule has 2 nitrogen and oxygen atoms in total. The predicted molar refractivity (Wildman–Crippen MR) is 88.1 cm³/mol. The molecule has 1 fully saturated rings. The lowest BCUT2D eigenvalue weighted by Crippen LogP contribution is -2.35. The monoisotopic (exact) mass is 294 g/mol. The average Bonchev–Trinajstić information content (AvgIpc) is 2.93. The number of aromatic nitrogens is 1. The van der Waals surface area contributed by atoms with Gasteiger partial charge < -0.3 is 5.32 Å². The van der Waals surface area contributed by atoms with E-state index in [4.69, 9.17) is 0 Å². The minimum atomic E-state index is 0.752. The minimum absolute atomic E-state index is 0.752. The second kappa shape index (κ2) is 8.14. The van der Waals surface area contributed by atoms with Crippen LogP contribution in [0.2, 0.25) is 0 Å². The van der Waals surface area contributed by atoms with Gasteiger partial charge in [-0.25, -0.2) is 0 Å². The molecule has 3 unspecified atom stereocenters. The first-order valence-electron chi connectivity index (χ1n) is 8.27.